The third-order valence-corrected chi connectivity index (χ3v) is 5.17. The maximum Gasteiger partial charge on any atom is 0.292 e. The van der Waals surface area contributed by atoms with Crippen LogP contribution in [0.15, 0.2) is 65.6 Å². The van der Waals surface area contributed by atoms with Crippen LogP contribution in [0.3, 0.4) is 0 Å². The molecular formula is C22H25ClN4O. The number of likely N-dealkylation sites (N-methyl/N-ethyl adjacent to an activating group) is 1. The van der Waals surface area contributed by atoms with Crippen molar-refractivity contribution in [2.45, 2.75) is 19.4 Å². The van der Waals surface area contributed by atoms with Crippen LogP contribution in [0.4, 0.5) is 5.69 Å². The number of rotatable bonds is 7. The number of anilines is 1. The van der Waals surface area contributed by atoms with Crippen LogP contribution in [-0.4, -0.2) is 35.3 Å². The number of para-hydroxylation sites is 1. The lowest BCUT2D eigenvalue weighted by Crippen LogP contribution is -2.28. The zero-order valence-corrected chi connectivity index (χ0v) is 17.1. The quantitative estimate of drug-likeness (QED) is 0.651. The van der Waals surface area contributed by atoms with Gasteiger partial charge in [0.2, 0.25) is 0 Å². The highest BCUT2D eigenvalue weighted by molar-refractivity contribution is 6.32. The SMILES string of the molecule is CCc1ccc([C@H](CNc2cnn(-c3ccccc3)c(=O)c2Cl)N(C)C)cc1. The Morgan fingerprint density at radius 2 is 1.79 bits per heavy atom. The second kappa shape index (κ2) is 9.04. The van der Waals surface area contributed by atoms with Crippen molar-refractivity contribution in [1.29, 1.82) is 0 Å². The molecule has 5 nitrogen and oxygen atoms in total. The van der Waals surface area contributed by atoms with E-state index in [0.717, 1.165) is 6.42 Å². The van der Waals surface area contributed by atoms with Crippen LogP contribution < -0.4 is 10.9 Å². The molecule has 6 heteroatoms. The fourth-order valence-corrected chi connectivity index (χ4v) is 3.29. The van der Waals surface area contributed by atoms with Gasteiger partial charge in [-0.3, -0.25) is 4.79 Å². The topological polar surface area (TPSA) is 50.2 Å². The number of aromatic nitrogens is 2. The van der Waals surface area contributed by atoms with Crippen molar-refractivity contribution in [2.24, 2.45) is 0 Å². The summed E-state index contributed by atoms with van der Waals surface area (Å²) in [7, 11) is 4.07. The van der Waals surface area contributed by atoms with E-state index in [1.807, 2.05) is 44.4 Å². The number of aryl methyl sites for hydroxylation is 1. The minimum atomic E-state index is -0.341. The summed E-state index contributed by atoms with van der Waals surface area (Å²) < 4.78 is 1.31. The van der Waals surface area contributed by atoms with Crippen molar-refractivity contribution >= 4 is 17.3 Å². The minimum absolute atomic E-state index is 0.137. The first-order valence-corrected chi connectivity index (χ1v) is 9.71. The molecule has 28 heavy (non-hydrogen) atoms. The fraction of sp³-hybridized carbons (Fsp3) is 0.273. The van der Waals surface area contributed by atoms with Crippen molar-refractivity contribution in [3.05, 3.63) is 87.3 Å². The lowest BCUT2D eigenvalue weighted by atomic mass is 10.0. The Bertz CT molecular complexity index is 968. The monoisotopic (exact) mass is 396 g/mol. The Kier molecular flexibility index (Phi) is 6.49. The van der Waals surface area contributed by atoms with Gasteiger partial charge in [-0.05, 0) is 43.8 Å². The van der Waals surface area contributed by atoms with E-state index in [0.29, 0.717) is 17.9 Å². The van der Waals surface area contributed by atoms with Gasteiger partial charge in [-0.15, -0.1) is 0 Å². The van der Waals surface area contributed by atoms with E-state index in [4.69, 9.17) is 11.6 Å². The Hall–Kier alpha value is -2.63. The van der Waals surface area contributed by atoms with Crippen LogP contribution in [0.25, 0.3) is 5.69 Å². The molecule has 1 atom stereocenters. The second-order valence-corrected chi connectivity index (χ2v) is 7.26. The molecule has 0 fully saturated rings. The van der Waals surface area contributed by atoms with Crippen molar-refractivity contribution in [2.75, 3.05) is 26.0 Å². The van der Waals surface area contributed by atoms with Gasteiger partial charge in [-0.2, -0.15) is 9.78 Å². The van der Waals surface area contributed by atoms with Crippen molar-refractivity contribution in [3.63, 3.8) is 0 Å². The van der Waals surface area contributed by atoms with Gasteiger partial charge < -0.3 is 10.2 Å². The van der Waals surface area contributed by atoms with E-state index in [1.54, 1.807) is 6.20 Å². The van der Waals surface area contributed by atoms with Gasteiger partial charge in [0.25, 0.3) is 5.56 Å². The van der Waals surface area contributed by atoms with E-state index in [-0.39, 0.29) is 16.6 Å². The zero-order valence-electron chi connectivity index (χ0n) is 16.4. The van der Waals surface area contributed by atoms with Crippen LogP contribution in [-0.2, 0) is 6.42 Å². The Morgan fingerprint density at radius 3 is 2.39 bits per heavy atom. The van der Waals surface area contributed by atoms with Gasteiger partial charge >= 0.3 is 0 Å². The molecular weight excluding hydrogens is 372 g/mol. The summed E-state index contributed by atoms with van der Waals surface area (Å²) in [4.78, 5) is 14.8. The number of hydrogen-bond acceptors (Lipinski definition) is 4. The molecule has 146 valence electrons. The Labute approximate surface area is 170 Å². The molecule has 1 heterocycles. The molecule has 1 N–H and O–H groups in total. The molecule has 0 spiro atoms. The number of nitrogens with one attached hydrogen (secondary N) is 1. The van der Waals surface area contributed by atoms with Gasteiger partial charge in [0.05, 0.1) is 23.6 Å². The Morgan fingerprint density at radius 1 is 1.11 bits per heavy atom. The van der Waals surface area contributed by atoms with Crippen LogP contribution in [0.1, 0.15) is 24.1 Å². The molecule has 0 bridgehead atoms. The minimum Gasteiger partial charge on any atom is -0.380 e. The number of nitrogens with zero attached hydrogens (tertiary/aromatic N) is 3. The second-order valence-electron chi connectivity index (χ2n) is 6.88. The summed E-state index contributed by atoms with van der Waals surface area (Å²) in [5, 5.41) is 7.70. The van der Waals surface area contributed by atoms with Gasteiger partial charge in [0, 0.05) is 6.54 Å². The molecule has 3 rings (SSSR count). The molecule has 0 radical (unpaired) electrons. The van der Waals surface area contributed by atoms with Crippen LogP contribution >= 0.6 is 11.6 Å². The first-order chi connectivity index (χ1) is 13.5. The van der Waals surface area contributed by atoms with E-state index in [2.05, 4.69) is 46.5 Å². The van der Waals surface area contributed by atoms with E-state index < -0.39 is 0 Å². The summed E-state index contributed by atoms with van der Waals surface area (Å²) in [6, 6.07) is 18.0. The fourth-order valence-electron chi connectivity index (χ4n) is 3.09. The summed E-state index contributed by atoms with van der Waals surface area (Å²) in [6.07, 6.45) is 2.62. The molecule has 3 aromatic rings. The number of benzene rings is 2. The maximum atomic E-state index is 12.6. The summed E-state index contributed by atoms with van der Waals surface area (Å²) in [6.45, 7) is 2.75. The highest BCUT2D eigenvalue weighted by Gasteiger charge is 2.16. The van der Waals surface area contributed by atoms with Crippen molar-refractivity contribution < 1.29 is 0 Å². The lowest BCUT2D eigenvalue weighted by Gasteiger charge is -2.26. The number of halogens is 1. The van der Waals surface area contributed by atoms with Gasteiger partial charge in [-0.25, -0.2) is 0 Å². The third kappa shape index (κ3) is 4.43. The molecule has 0 aliphatic heterocycles. The summed E-state index contributed by atoms with van der Waals surface area (Å²) in [5.74, 6) is 0. The average Bonchev–Trinajstić information content (AvgIpc) is 2.72. The molecule has 2 aromatic carbocycles. The molecule has 0 unspecified atom stereocenters. The predicted octanol–water partition coefficient (Wildman–Crippen LogP) is 4.16. The first-order valence-electron chi connectivity index (χ1n) is 9.33. The largest absolute Gasteiger partial charge is 0.380 e. The summed E-state index contributed by atoms with van der Waals surface area (Å²) >= 11 is 6.35. The highest BCUT2D eigenvalue weighted by atomic mass is 35.5. The van der Waals surface area contributed by atoms with Gasteiger partial charge in [0.15, 0.2) is 0 Å². The molecule has 0 aliphatic rings. The van der Waals surface area contributed by atoms with Gasteiger partial charge in [0.1, 0.15) is 5.02 Å². The van der Waals surface area contributed by atoms with Gasteiger partial charge in [-0.1, -0.05) is 61.0 Å². The normalized spacial score (nSPS) is 12.2. The molecule has 1 aromatic heterocycles. The summed E-state index contributed by atoms with van der Waals surface area (Å²) in [5.41, 5.74) is 3.40. The highest BCUT2D eigenvalue weighted by Crippen LogP contribution is 2.22. The van der Waals surface area contributed by atoms with E-state index in [9.17, 15) is 4.79 Å². The van der Waals surface area contributed by atoms with Crippen molar-refractivity contribution in [3.8, 4) is 5.69 Å². The first kappa shape index (κ1) is 20.1. The van der Waals surface area contributed by atoms with E-state index in [1.165, 1.54) is 15.8 Å². The predicted molar refractivity (Wildman–Crippen MR) is 116 cm³/mol. The number of hydrogen-bond donors (Lipinski definition) is 1. The molecule has 0 aliphatic carbocycles. The molecule has 0 saturated carbocycles. The van der Waals surface area contributed by atoms with Crippen LogP contribution in [0.2, 0.25) is 5.02 Å². The molecule has 0 amide bonds. The lowest BCUT2D eigenvalue weighted by molar-refractivity contribution is 0.312. The maximum absolute atomic E-state index is 12.6. The van der Waals surface area contributed by atoms with Crippen LogP contribution in [0, 0.1) is 0 Å². The zero-order chi connectivity index (χ0) is 20.1. The Balaban J connectivity index is 1.80. The third-order valence-electron chi connectivity index (χ3n) is 4.80. The van der Waals surface area contributed by atoms with Crippen LogP contribution in [0.5, 0.6) is 0 Å². The smallest absolute Gasteiger partial charge is 0.292 e. The van der Waals surface area contributed by atoms with Crippen molar-refractivity contribution in [1.82, 2.24) is 14.7 Å². The standard InChI is InChI=1S/C22H25ClN4O/c1-4-16-10-12-17(13-11-16)20(26(2)3)15-24-19-14-25-27(22(28)21(19)23)18-8-6-5-7-9-18/h5-14,20,24H,4,15H2,1-3H3/t20-/m0/s1. The molecule has 0 saturated heterocycles. The van der Waals surface area contributed by atoms with E-state index >= 15 is 0 Å². The average molecular weight is 397 g/mol.